The number of carbonyl (C=O) groups is 1. The van der Waals surface area contributed by atoms with Gasteiger partial charge in [0.15, 0.2) is 0 Å². The van der Waals surface area contributed by atoms with E-state index in [-0.39, 0.29) is 24.3 Å². The van der Waals surface area contributed by atoms with Crippen LogP contribution in [0.4, 0.5) is 0 Å². The molecule has 0 aromatic heterocycles. The maximum absolute atomic E-state index is 12.2. The van der Waals surface area contributed by atoms with Gasteiger partial charge in [-0.15, -0.1) is 12.4 Å². The fourth-order valence-electron chi connectivity index (χ4n) is 3.01. The number of piperidine rings is 1. The van der Waals surface area contributed by atoms with Crippen LogP contribution in [0, 0.1) is 5.92 Å². The minimum atomic E-state index is -0.0479. The zero-order valence-electron chi connectivity index (χ0n) is 13.8. The third-order valence-corrected chi connectivity index (χ3v) is 4.39. The number of ether oxygens (including phenoxy) is 1. The number of carbonyl (C=O) groups excluding carboxylic acids is 1. The first kappa shape index (κ1) is 18.5. The second-order valence-electron chi connectivity index (χ2n) is 6.13. The van der Waals surface area contributed by atoms with Gasteiger partial charge in [0, 0.05) is 6.54 Å². The molecular weight excluding hydrogens is 322 g/mol. The van der Waals surface area contributed by atoms with Gasteiger partial charge in [-0.2, -0.15) is 0 Å². The fraction of sp³-hybridized carbons (Fsp3) is 0.350. The molecule has 2 aromatic carbocycles. The van der Waals surface area contributed by atoms with Crippen LogP contribution < -0.4 is 0 Å². The van der Waals surface area contributed by atoms with E-state index in [1.165, 1.54) is 5.56 Å². The summed E-state index contributed by atoms with van der Waals surface area (Å²) >= 11 is 0. The molecule has 1 fully saturated rings. The molecule has 1 aliphatic rings. The minimum Gasteiger partial charge on any atom is -0.461 e. The fourth-order valence-corrected chi connectivity index (χ4v) is 3.01. The molecule has 1 saturated heterocycles. The van der Waals surface area contributed by atoms with Crippen LogP contribution in [0.2, 0.25) is 0 Å². The topological polar surface area (TPSA) is 29.5 Å². The van der Waals surface area contributed by atoms with Crippen molar-refractivity contribution in [2.75, 3.05) is 13.1 Å². The molecule has 4 heteroatoms. The van der Waals surface area contributed by atoms with Crippen LogP contribution in [0.1, 0.15) is 24.0 Å². The van der Waals surface area contributed by atoms with E-state index in [1.807, 2.05) is 36.4 Å². The van der Waals surface area contributed by atoms with E-state index in [1.54, 1.807) is 0 Å². The lowest BCUT2D eigenvalue weighted by Crippen LogP contribution is -2.36. The second-order valence-corrected chi connectivity index (χ2v) is 6.13. The first-order valence-electron chi connectivity index (χ1n) is 8.28. The minimum absolute atomic E-state index is 0. The number of hydrogen-bond donors (Lipinski definition) is 0. The summed E-state index contributed by atoms with van der Waals surface area (Å²) < 4.78 is 5.46. The van der Waals surface area contributed by atoms with Crippen LogP contribution in [0.5, 0.6) is 0 Å². The quantitative estimate of drug-likeness (QED) is 0.765. The Morgan fingerprint density at radius 2 is 1.46 bits per heavy atom. The molecule has 0 aliphatic carbocycles. The summed E-state index contributed by atoms with van der Waals surface area (Å²) in [6, 6.07) is 20.3. The zero-order valence-corrected chi connectivity index (χ0v) is 14.6. The highest BCUT2D eigenvalue weighted by Gasteiger charge is 2.26. The Hall–Kier alpha value is -1.84. The van der Waals surface area contributed by atoms with E-state index >= 15 is 0 Å². The Morgan fingerprint density at radius 1 is 0.917 bits per heavy atom. The molecule has 128 valence electrons. The molecule has 0 spiro atoms. The highest BCUT2D eigenvalue weighted by atomic mass is 35.5. The van der Waals surface area contributed by atoms with Crippen molar-refractivity contribution in [1.82, 2.24) is 4.90 Å². The van der Waals surface area contributed by atoms with Crippen molar-refractivity contribution in [3.05, 3.63) is 71.8 Å². The molecule has 0 N–H and O–H groups in total. The van der Waals surface area contributed by atoms with E-state index < -0.39 is 0 Å². The van der Waals surface area contributed by atoms with Crippen LogP contribution in [0.25, 0.3) is 0 Å². The Morgan fingerprint density at radius 3 is 2.04 bits per heavy atom. The van der Waals surface area contributed by atoms with Crippen LogP contribution in [-0.2, 0) is 22.7 Å². The maximum atomic E-state index is 12.2. The molecule has 24 heavy (non-hydrogen) atoms. The summed E-state index contributed by atoms with van der Waals surface area (Å²) in [4.78, 5) is 14.6. The zero-order chi connectivity index (χ0) is 15.9. The summed E-state index contributed by atoms with van der Waals surface area (Å²) in [5.41, 5.74) is 2.37. The number of likely N-dealkylation sites (tertiary alicyclic amines) is 1. The standard InChI is InChI=1S/C20H23NO2.ClH/c22-20(23-16-18-9-5-2-6-10-18)19-11-13-21(14-12-19)15-17-7-3-1-4-8-17;/h1-10,19H,11-16H2;1H. The van der Waals surface area contributed by atoms with Crippen molar-refractivity contribution in [2.24, 2.45) is 5.92 Å². The van der Waals surface area contributed by atoms with Crippen LogP contribution in [0.15, 0.2) is 60.7 Å². The molecule has 0 unspecified atom stereocenters. The normalized spacial score (nSPS) is 15.5. The van der Waals surface area contributed by atoms with Gasteiger partial charge in [-0.3, -0.25) is 9.69 Å². The second kappa shape index (κ2) is 9.45. The van der Waals surface area contributed by atoms with Gasteiger partial charge in [0.1, 0.15) is 6.61 Å². The van der Waals surface area contributed by atoms with E-state index in [0.717, 1.165) is 38.0 Å². The summed E-state index contributed by atoms with van der Waals surface area (Å²) in [5, 5.41) is 0. The number of rotatable bonds is 5. The molecule has 2 aromatic rings. The van der Waals surface area contributed by atoms with E-state index in [9.17, 15) is 4.79 Å². The van der Waals surface area contributed by atoms with Crippen molar-refractivity contribution in [3.8, 4) is 0 Å². The van der Waals surface area contributed by atoms with Gasteiger partial charge >= 0.3 is 5.97 Å². The largest absolute Gasteiger partial charge is 0.461 e. The molecule has 3 nitrogen and oxygen atoms in total. The molecule has 0 amide bonds. The first-order valence-corrected chi connectivity index (χ1v) is 8.28. The van der Waals surface area contributed by atoms with Gasteiger partial charge in [-0.1, -0.05) is 60.7 Å². The first-order chi connectivity index (χ1) is 11.3. The van der Waals surface area contributed by atoms with E-state index in [4.69, 9.17) is 4.74 Å². The lowest BCUT2D eigenvalue weighted by Gasteiger charge is -2.30. The lowest BCUT2D eigenvalue weighted by molar-refractivity contribution is -0.151. The van der Waals surface area contributed by atoms with E-state index in [2.05, 4.69) is 29.2 Å². The smallest absolute Gasteiger partial charge is 0.309 e. The molecular formula is C20H24ClNO2. The highest BCUT2D eigenvalue weighted by molar-refractivity contribution is 5.85. The summed E-state index contributed by atoms with van der Waals surface area (Å²) in [6.07, 6.45) is 1.78. The molecule has 0 radical (unpaired) electrons. The molecule has 3 rings (SSSR count). The van der Waals surface area contributed by atoms with E-state index in [0.29, 0.717) is 6.61 Å². The number of hydrogen-bond acceptors (Lipinski definition) is 3. The van der Waals surface area contributed by atoms with Gasteiger partial charge in [0.25, 0.3) is 0 Å². The van der Waals surface area contributed by atoms with Crippen molar-refractivity contribution in [2.45, 2.75) is 26.0 Å². The summed E-state index contributed by atoms with van der Waals surface area (Å²) in [5.74, 6) is -0.000972. The molecule has 0 atom stereocenters. The number of benzene rings is 2. The van der Waals surface area contributed by atoms with Crippen molar-refractivity contribution in [3.63, 3.8) is 0 Å². The van der Waals surface area contributed by atoms with Gasteiger partial charge in [0.05, 0.1) is 5.92 Å². The van der Waals surface area contributed by atoms with Crippen LogP contribution in [-0.4, -0.2) is 24.0 Å². The van der Waals surface area contributed by atoms with Gasteiger partial charge in [-0.25, -0.2) is 0 Å². The molecule has 1 aliphatic heterocycles. The molecule has 1 heterocycles. The Kier molecular flexibility index (Phi) is 7.29. The summed E-state index contributed by atoms with van der Waals surface area (Å²) in [7, 11) is 0. The van der Waals surface area contributed by atoms with Crippen molar-refractivity contribution >= 4 is 18.4 Å². The number of nitrogens with zero attached hydrogens (tertiary/aromatic N) is 1. The lowest BCUT2D eigenvalue weighted by atomic mass is 9.96. The SMILES string of the molecule is Cl.O=C(OCc1ccccc1)C1CCN(Cc2ccccc2)CC1. The average Bonchev–Trinajstić information content (AvgIpc) is 2.62. The number of esters is 1. The van der Waals surface area contributed by atoms with Crippen LogP contribution >= 0.6 is 12.4 Å². The van der Waals surface area contributed by atoms with Gasteiger partial charge in [-0.05, 0) is 37.1 Å². The van der Waals surface area contributed by atoms with Gasteiger partial charge < -0.3 is 4.74 Å². The molecule has 0 saturated carbocycles. The average molecular weight is 346 g/mol. The molecule has 0 bridgehead atoms. The van der Waals surface area contributed by atoms with Gasteiger partial charge in [0.2, 0.25) is 0 Å². The monoisotopic (exact) mass is 345 g/mol. The third-order valence-electron chi connectivity index (χ3n) is 4.39. The van der Waals surface area contributed by atoms with Crippen LogP contribution in [0.3, 0.4) is 0 Å². The summed E-state index contributed by atoms with van der Waals surface area (Å²) in [6.45, 7) is 3.26. The van der Waals surface area contributed by atoms with Crippen molar-refractivity contribution in [1.29, 1.82) is 0 Å². The predicted molar refractivity (Wildman–Crippen MR) is 97.9 cm³/mol. The Balaban J connectivity index is 0.00000208. The highest BCUT2D eigenvalue weighted by Crippen LogP contribution is 2.20. The Bertz CT molecular complexity index is 610. The van der Waals surface area contributed by atoms with Crippen molar-refractivity contribution < 1.29 is 9.53 Å². The third kappa shape index (κ3) is 5.36. The number of halogens is 1. The predicted octanol–water partition coefficient (Wildman–Crippen LogP) is 4.06. The maximum Gasteiger partial charge on any atom is 0.309 e. The Labute approximate surface area is 150 Å².